The van der Waals surface area contributed by atoms with Crippen LogP contribution in [0.25, 0.3) is 11.3 Å². The number of nitrogens with one attached hydrogen (secondary N) is 1. The third-order valence-electron chi connectivity index (χ3n) is 7.53. The van der Waals surface area contributed by atoms with Crippen LogP contribution in [0.4, 0.5) is 5.82 Å². The van der Waals surface area contributed by atoms with Gasteiger partial charge in [0.15, 0.2) is 0 Å². The highest BCUT2D eigenvalue weighted by Crippen LogP contribution is 2.34. The molecule has 2 aliphatic rings. The zero-order chi connectivity index (χ0) is 28.4. The first-order chi connectivity index (χ1) is 18.4. The molecule has 4 rings (SSSR count). The van der Waals surface area contributed by atoms with Crippen LogP contribution in [-0.2, 0) is 26.0 Å². The maximum atomic E-state index is 13.2. The van der Waals surface area contributed by atoms with Gasteiger partial charge in [-0.1, -0.05) is 23.2 Å². The smallest absolute Gasteiger partial charge is 0.216 e. The Balaban J connectivity index is 1.47. The molecule has 0 spiro atoms. The number of hydrogen-bond donors (Lipinski definition) is 1. The largest absolute Gasteiger partial charge is 0.376 e. The minimum atomic E-state index is -3.40. The zero-order valence-electron chi connectivity index (χ0n) is 23.0. The number of carbonyl (C=O) groups is 1. The molecule has 2 aromatic heterocycles. The van der Waals surface area contributed by atoms with Crippen molar-refractivity contribution in [2.75, 3.05) is 31.6 Å². The van der Waals surface area contributed by atoms with Gasteiger partial charge in [-0.3, -0.25) is 9.78 Å². The van der Waals surface area contributed by atoms with Gasteiger partial charge in [-0.05, 0) is 77.5 Å². The highest BCUT2D eigenvalue weighted by Gasteiger charge is 2.34. The monoisotopic (exact) mass is 596 g/mol. The number of ketones is 1. The fourth-order valence-corrected chi connectivity index (χ4v) is 7.10. The second-order valence-electron chi connectivity index (χ2n) is 11.5. The van der Waals surface area contributed by atoms with E-state index in [9.17, 15) is 13.2 Å². The molecule has 4 heterocycles. The predicted octanol–water partition coefficient (Wildman–Crippen LogP) is 5.63. The molecule has 39 heavy (non-hydrogen) atoms. The van der Waals surface area contributed by atoms with Crippen LogP contribution in [0.1, 0.15) is 59.1 Å². The van der Waals surface area contributed by atoms with Crippen molar-refractivity contribution in [2.45, 2.75) is 70.7 Å². The number of piperidine rings is 1. The first-order valence-corrected chi connectivity index (χ1v) is 15.8. The van der Waals surface area contributed by atoms with Gasteiger partial charge in [0.05, 0.1) is 26.6 Å². The van der Waals surface area contributed by atoms with Crippen molar-refractivity contribution in [3.05, 3.63) is 40.1 Å². The third-order valence-corrected chi connectivity index (χ3v) is 10.4. The summed E-state index contributed by atoms with van der Waals surface area (Å²) < 4.78 is 32.5. The van der Waals surface area contributed by atoms with Gasteiger partial charge in [0, 0.05) is 56.0 Å². The SMILES string of the molecule is CC(C)S(=O)(=O)N1CCC[C@H](C(=O)Cc2cc(-c3nc(NCC4CCOC(C)(C)C4)ccc3Cl)c(Cl)cn2)C1. The Morgan fingerprint density at radius 3 is 2.72 bits per heavy atom. The minimum Gasteiger partial charge on any atom is -0.376 e. The van der Waals surface area contributed by atoms with Crippen molar-refractivity contribution in [1.29, 1.82) is 0 Å². The maximum absolute atomic E-state index is 13.2. The molecule has 0 radical (unpaired) electrons. The molecule has 0 aliphatic carbocycles. The number of pyridine rings is 2. The second-order valence-corrected chi connectivity index (χ2v) is 14.8. The summed E-state index contributed by atoms with van der Waals surface area (Å²) in [5, 5.41) is 3.74. The van der Waals surface area contributed by atoms with Crippen molar-refractivity contribution in [2.24, 2.45) is 11.8 Å². The molecule has 0 bridgehead atoms. The topological polar surface area (TPSA) is 101 Å². The third kappa shape index (κ3) is 7.50. The van der Waals surface area contributed by atoms with Crippen LogP contribution >= 0.6 is 23.2 Å². The van der Waals surface area contributed by atoms with E-state index in [0.717, 1.165) is 26.0 Å². The van der Waals surface area contributed by atoms with Gasteiger partial charge in [-0.2, -0.15) is 0 Å². The molecule has 0 saturated carbocycles. The van der Waals surface area contributed by atoms with E-state index in [4.69, 9.17) is 32.9 Å². The van der Waals surface area contributed by atoms with E-state index < -0.39 is 15.3 Å². The van der Waals surface area contributed by atoms with Crippen LogP contribution < -0.4 is 5.32 Å². The molecule has 2 atom stereocenters. The lowest BCUT2D eigenvalue weighted by atomic mass is 9.88. The van der Waals surface area contributed by atoms with E-state index in [-0.39, 0.29) is 30.3 Å². The number of halogens is 2. The second kappa shape index (κ2) is 12.4. The first-order valence-electron chi connectivity index (χ1n) is 13.6. The Hall–Kier alpha value is -1.78. The van der Waals surface area contributed by atoms with E-state index in [1.807, 2.05) is 6.07 Å². The molecule has 1 unspecified atom stereocenters. The highest BCUT2D eigenvalue weighted by molar-refractivity contribution is 7.89. The van der Waals surface area contributed by atoms with Crippen LogP contribution in [-0.4, -0.2) is 65.6 Å². The summed E-state index contributed by atoms with van der Waals surface area (Å²) in [6.45, 7) is 9.74. The molecule has 11 heteroatoms. The lowest BCUT2D eigenvalue weighted by Crippen LogP contribution is -2.45. The van der Waals surface area contributed by atoms with Crippen molar-refractivity contribution in [1.82, 2.24) is 14.3 Å². The average Bonchev–Trinajstić information content (AvgIpc) is 2.89. The van der Waals surface area contributed by atoms with Crippen molar-refractivity contribution in [3.8, 4) is 11.3 Å². The number of ether oxygens (including phenoxy) is 1. The number of aromatic nitrogens is 2. The van der Waals surface area contributed by atoms with Crippen LogP contribution in [0.2, 0.25) is 10.0 Å². The van der Waals surface area contributed by atoms with Gasteiger partial charge >= 0.3 is 0 Å². The summed E-state index contributed by atoms with van der Waals surface area (Å²) >= 11 is 13.1. The van der Waals surface area contributed by atoms with Gasteiger partial charge in [0.25, 0.3) is 0 Å². The Bertz CT molecular complexity index is 1300. The number of rotatable bonds is 9. The molecule has 8 nitrogen and oxygen atoms in total. The number of nitrogens with zero attached hydrogens (tertiary/aromatic N) is 3. The summed E-state index contributed by atoms with van der Waals surface area (Å²) in [5.74, 6) is 0.770. The average molecular weight is 598 g/mol. The molecule has 2 fully saturated rings. The molecule has 2 aromatic rings. The van der Waals surface area contributed by atoms with E-state index in [2.05, 4.69) is 24.1 Å². The standard InChI is InChI=1S/C28H38Cl2N4O4S/c1-18(2)39(36,37)34-10-5-6-20(17-34)25(35)13-21-12-22(24(30)16-31-21)27-23(29)7-8-26(33-27)32-15-19-9-11-38-28(3,4)14-19/h7-8,12,16,18-20H,5-6,9-11,13-15,17H2,1-4H3,(H,32,33)/t19?,20-/m0/s1. The van der Waals surface area contributed by atoms with Crippen LogP contribution in [0.5, 0.6) is 0 Å². The lowest BCUT2D eigenvalue weighted by molar-refractivity contribution is -0.123. The number of carbonyl (C=O) groups excluding carboxylic acids is 1. The van der Waals surface area contributed by atoms with E-state index >= 15 is 0 Å². The van der Waals surface area contributed by atoms with Gasteiger partial charge in [0.1, 0.15) is 11.6 Å². The van der Waals surface area contributed by atoms with Crippen LogP contribution in [0.3, 0.4) is 0 Å². The molecule has 2 saturated heterocycles. The number of Topliss-reactive ketones (excluding diaryl/α,β-unsaturated/α-hetero) is 1. The van der Waals surface area contributed by atoms with Gasteiger partial charge in [-0.15, -0.1) is 0 Å². The van der Waals surface area contributed by atoms with Crippen molar-refractivity contribution >= 4 is 44.8 Å². The highest BCUT2D eigenvalue weighted by atomic mass is 35.5. The predicted molar refractivity (Wildman–Crippen MR) is 156 cm³/mol. The van der Waals surface area contributed by atoms with Crippen LogP contribution in [0.15, 0.2) is 24.4 Å². The van der Waals surface area contributed by atoms with Crippen molar-refractivity contribution in [3.63, 3.8) is 0 Å². The fraction of sp³-hybridized carbons (Fsp3) is 0.607. The summed E-state index contributed by atoms with van der Waals surface area (Å²) in [6.07, 6.45) is 4.88. The Labute approximate surface area is 241 Å². The molecule has 2 aliphatic heterocycles. The van der Waals surface area contributed by atoms with Gasteiger partial charge in [-0.25, -0.2) is 17.7 Å². The number of sulfonamides is 1. The Kier molecular flexibility index (Phi) is 9.59. The normalized spacial score (nSPS) is 22.1. The molecular weight excluding hydrogens is 559 g/mol. The molecule has 1 N–H and O–H groups in total. The number of anilines is 1. The summed E-state index contributed by atoms with van der Waals surface area (Å²) in [6, 6.07) is 5.38. The first kappa shape index (κ1) is 30.2. The summed E-state index contributed by atoms with van der Waals surface area (Å²) in [4.78, 5) is 22.3. The van der Waals surface area contributed by atoms with Crippen molar-refractivity contribution < 1.29 is 17.9 Å². The summed E-state index contributed by atoms with van der Waals surface area (Å²) in [5.41, 5.74) is 1.54. The van der Waals surface area contributed by atoms with E-state index in [1.165, 1.54) is 10.5 Å². The van der Waals surface area contributed by atoms with E-state index in [1.54, 1.807) is 26.0 Å². The van der Waals surface area contributed by atoms with Crippen LogP contribution in [0, 0.1) is 11.8 Å². The minimum absolute atomic E-state index is 0.0340. The summed E-state index contributed by atoms with van der Waals surface area (Å²) in [7, 11) is -3.40. The Morgan fingerprint density at radius 1 is 1.23 bits per heavy atom. The number of hydrogen-bond acceptors (Lipinski definition) is 7. The van der Waals surface area contributed by atoms with Gasteiger partial charge in [0.2, 0.25) is 10.0 Å². The zero-order valence-corrected chi connectivity index (χ0v) is 25.4. The lowest BCUT2D eigenvalue weighted by Gasteiger charge is -2.35. The van der Waals surface area contributed by atoms with Gasteiger partial charge < -0.3 is 10.1 Å². The quantitative estimate of drug-likeness (QED) is 0.400. The molecule has 214 valence electrons. The molecule has 0 amide bonds. The fourth-order valence-electron chi connectivity index (χ4n) is 5.33. The Morgan fingerprint density at radius 2 is 2.00 bits per heavy atom. The molecular formula is C28H38Cl2N4O4S. The van der Waals surface area contributed by atoms with E-state index in [0.29, 0.717) is 58.1 Å². The molecule has 0 aromatic carbocycles. The maximum Gasteiger partial charge on any atom is 0.216 e.